The molecule has 4 nitrogen and oxygen atoms in total. The molecule has 2 aromatic heterocycles. The summed E-state index contributed by atoms with van der Waals surface area (Å²) in [6.45, 7) is 4.36. The van der Waals surface area contributed by atoms with E-state index in [2.05, 4.69) is 29.1 Å². The molecule has 112 valence electrons. The molecule has 0 saturated heterocycles. The Bertz CT molecular complexity index is 622. The Hall–Kier alpha value is -1.81. The van der Waals surface area contributed by atoms with Gasteiger partial charge in [0.25, 0.3) is 5.91 Å². The first-order valence-corrected chi connectivity index (χ1v) is 7.06. The number of hydrogen-bond donors (Lipinski definition) is 2. The third-order valence-electron chi connectivity index (χ3n) is 3.68. The van der Waals surface area contributed by atoms with E-state index in [-0.39, 0.29) is 24.4 Å². The number of aromatic amines is 1. The van der Waals surface area contributed by atoms with Crippen LogP contribution in [0.5, 0.6) is 0 Å². The van der Waals surface area contributed by atoms with Crippen LogP contribution >= 0.6 is 12.4 Å². The SMILES string of the molecule is CC(C)CC1Cc2[nH]c(-c3ccncc3)cc2C(=O)N1.Cl. The fraction of sp³-hybridized carbons (Fsp3) is 0.375. The minimum absolute atomic E-state index is 0. The minimum Gasteiger partial charge on any atom is -0.358 e. The van der Waals surface area contributed by atoms with Crippen molar-refractivity contribution in [2.75, 3.05) is 0 Å². The van der Waals surface area contributed by atoms with E-state index in [9.17, 15) is 4.79 Å². The zero-order valence-corrected chi connectivity index (χ0v) is 13.0. The van der Waals surface area contributed by atoms with Gasteiger partial charge in [0.15, 0.2) is 0 Å². The smallest absolute Gasteiger partial charge is 0.253 e. The highest BCUT2D eigenvalue weighted by Crippen LogP contribution is 2.26. The number of hydrogen-bond acceptors (Lipinski definition) is 2. The van der Waals surface area contributed by atoms with Gasteiger partial charge in [0.1, 0.15) is 0 Å². The Labute approximate surface area is 130 Å². The Balaban J connectivity index is 0.00000161. The van der Waals surface area contributed by atoms with Crippen LogP contribution in [0.1, 0.15) is 36.3 Å². The van der Waals surface area contributed by atoms with E-state index in [4.69, 9.17) is 0 Å². The van der Waals surface area contributed by atoms with Crippen LogP contribution < -0.4 is 5.32 Å². The summed E-state index contributed by atoms with van der Waals surface area (Å²) in [5.74, 6) is 0.616. The molecule has 0 bridgehead atoms. The van der Waals surface area contributed by atoms with Crippen molar-refractivity contribution in [3.63, 3.8) is 0 Å². The number of pyridine rings is 1. The lowest BCUT2D eigenvalue weighted by Gasteiger charge is -2.24. The second-order valence-corrected chi connectivity index (χ2v) is 5.82. The summed E-state index contributed by atoms with van der Waals surface area (Å²) < 4.78 is 0. The topological polar surface area (TPSA) is 57.8 Å². The van der Waals surface area contributed by atoms with Crippen molar-refractivity contribution in [3.8, 4) is 11.3 Å². The third-order valence-corrected chi connectivity index (χ3v) is 3.68. The Morgan fingerprint density at radius 3 is 2.71 bits per heavy atom. The van der Waals surface area contributed by atoms with Gasteiger partial charge in [-0.15, -0.1) is 12.4 Å². The average Bonchev–Trinajstić information content (AvgIpc) is 2.83. The minimum atomic E-state index is 0. The largest absolute Gasteiger partial charge is 0.358 e. The van der Waals surface area contributed by atoms with E-state index in [0.29, 0.717) is 5.92 Å². The first-order valence-electron chi connectivity index (χ1n) is 7.06. The van der Waals surface area contributed by atoms with Crippen LogP contribution in [0.2, 0.25) is 0 Å². The highest BCUT2D eigenvalue weighted by molar-refractivity contribution is 5.98. The molecule has 0 aromatic carbocycles. The number of nitrogens with zero attached hydrogens (tertiary/aromatic N) is 1. The number of aromatic nitrogens is 2. The lowest BCUT2D eigenvalue weighted by molar-refractivity contribution is 0.0919. The van der Waals surface area contributed by atoms with Gasteiger partial charge in [-0.1, -0.05) is 13.8 Å². The average molecular weight is 306 g/mol. The van der Waals surface area contributed by atoms with Crippen molar-refractivity contribution in [3.05, 3.63) is 41.9 Å². The molecular weight excluding hydrogens is 286 g/mol. The second-order valence-electron chi connectivity index (χ2n) is 5.82. The number of nitrogens with one attached hydrogen (secondary N) is 2. The molecule has 1 aliphatic heterocycles. The van der Waals surface area contributed by atoms with E-state index in [1.807, 2.05) is 18.2 Å². The van der Waals surface area contributed by atoms with Crippen LogP contribution in [0, 0.1) is 5.92 Å². The Morgan fingerprint density at radius 1 is 1.33 bits per heavy atom. The first-order chi connectivity index (χ1) is 9.63. The maximum absolute atomic E-state index is 12.2. The molecule has 0 fully saturated rings. The van der Waals surface area contributed by atoms with Crippen molar-refractivity contribution in [2.24, 2.45) is 5.92 Å². The van der Waals surface area contributed by atoms with Gasteiger partial charge in [-0.25, -0.2) is 0 Å². The summed E-state index contributed by atoms with van der Waals surface area (Å²) in [7, 11) is 0. The van der Waals surface area contributed by atoms with Crippen LogP contribution in [0.4, 0.5) is 0 Å². The Kier molecular flexibility index (Phi) is 4.68. The van der Waals surface area contributed by atoms with Gasteiger partial charge in [-0.2, -0.15) is 0 Å². The summed E-state index contributed by atoms with van der Waals surface area (Å²) in [6, 6.07) is 6.06. The van der Waals surface area contributed by atoms with E-state index >= 15 is 0 Å². The Morgan fingerprint density at radius 2 is 2.05 bits per heavy atom. The number of amides is 1. The molecule has 2 aromatic rings. The van der Waals surface area contributed by atoms with E-state index in [1.54, 1.807) is 12.4 Å². The number of halogens is 1. The number of carbonyl (C=O) groups excluding carboxylic acids is 1. The standard InChI is InChI=1S/C16H19N3O.ClH/c1-10(2)7-12-8-15-13(16(20)18-12)9-14(19-15)11-3-5-17-6-4-11;/h3-6,9-10,12,19H,7-8H2,1-2H3,(H,18,20);1H. The van der Waals surface area contributed by atoms with E-state index in [0.717, 1.165) is 35.4 Å². The van der Waals surface area contributed by atoms with Crippen molar-refractivity contribution < 1.29 is 4.79 Å². The molecule has 3 rings (SSSR count). The van der Waals surface area contributed by atoms with Crippen LogP contribution in [-0.2, 0) is 6.42 Å². The van der Waals surface area contributed by atoms with Crippen molar-refractivity contribution in [2.45, 2.75) is 32.7 Å². The van der Waals surface area contributed by atoms with Gasteiger partial charge < -0.3 is 10.3 Å². The molecule has 0 radical (unpaired) electrons. The number of H-pyrrole nitrogens is 1. The summed E-state index contributed by atoms with van der Waals surface area (Å²) >= 11 is 0. The van der Waals surface area contributed by atoms with Crippen molar-refractivity contribution >= 4 is 18.3 Å². The summed E-state index contributed by atoms with van der Waals surface area (Å²) in [5, 5.41) is 3.10. The van der Waals surface area contributed by atoms with Gasteiger partial charge in [0, 0.05) is 41.8 Å². The van der Waals surface area contributed by atoms with Gasteiger partial charge >= 0.3 is 0 Å². The van der Waals surface area contributed by atoms with Crippen LogP contribution in [-0.4, -0.2) is 21.9 Å². The predicted molar refractivity (Wildman–Crippen MR) is 85.7 cm³/mol. The first kappa shape index (κ1) is 15.6. The molecule has 3 heterocycles. The van der Waals surface area contributed by atoms with Gasteiger partial charge in [-0.3, -0.25) is 9.78 Å². The number of fused-ring (bicyclic) bond motifs is 1. The predicted octanol–water partition coefficient (Wildman–Crippen LogP) is 3.20. The zero-order chi connectivity index (χ0) is 14.1. The van der Waals surface area contributed by atoms with E-state index < -0.39 is 0 Å². The highest BCUT2D eigenvalue weighted by Gasteiger charge is 2.26. The van der Waals surface area contributed by atoms with Gasteiger partial charge in [-0.05, 0) is 30.5 Å². The van der Waals surface area contributed by atoms with Gasteiger partial charge in [0.05, 0.1) is 5.56 Å². The fourth-order valence-corrected chi connectivity index (χ4v) is 2.82. The monoisotopic (exact) mass is 305 g/mol. The molecule has 0 saturated carbocycles. The van der Waals surface area contributed by atoms with Crippen molar-refractivity contribution in [1.29, 1.82) is 0 Å². The molecule has 0 spiro atoms. The zero-order valence-electron chi connectivity index (χ0n) is 12.2. The molecule has 21 heavy (non-hydrogen) atoms. The molecular formula is C16H20ClN3O. The molecule has 0 aliphatic carbocycles. The van der Waals surface area contributed by atoms with Crippen LogP contribution in [0.25, 0.3) is 11.3 Å². The lowest BCUT2D eigenvalue weighted by atomic mass is 9.95. The number of rotatable bonds is 3. The molecule has 2 N–H and O–H groups in total. The number of carbonyl (C=O) groups is 1. The summed E-state index contributed by atoms with van der Waals surface area (Å²) in [5.41, 5.74) is 3.86. The normalized spacial score (nSPS) is 17.1. The molecule has 1 atom stereocenters. The van der Waals surface area contributed by atoms with Crippen molar-refractivity contribution in [1.82, 2.24) is 15.3 Å². The summed E-state index contributed by atoms with van der Waals surface area (Å²) in [6.07, 6.45) is 5.41. The van der Waals surface area contributed by atoms with Gasteiger partial charge in [0.2, 0.25) is 0 Å². The molecule has 1 aliphatic rings. The summed E-state index contributed by atoms with van der Waals surface area (Å²) in [4.78, 5) is 19.6. The second kappa shape index (κ2) is 6.31. The fourth-order valence-electron chi connectivity index (χ4n) is 2.82. The lowest BCUT2D eigenvalue weighted by Crippen LogP contribution is -2.41. The third kappa shape index (κ3) is 3.27. The quantitative estimate of drug-likeness (QED) is 0.915. The maximum atomic E-state index is 12.2. The highest BCUT2D eigenvalue weighted by atomic mass is 35.5. The molecule has 1 amide bonds. The van der Waals surface area contributed by atoms with Crippen LogP contribution in [0.3, 0.4) is 0 Å². The maximum Gasteiger partial charge on any atom is 0.253 e. The van der Waals surface area contributed by atoms with Crippen LogP contribution in [0.15, 0.2) is 30.6 Å². The van der Waals surface area contributed by atoms with E-state index in [1.165, 1.54) is 0 Å². The molecule has 5 heteroatoms. The molecule has 1 unspecified atom stereocenters.